The van der Waals surface area contributed by atoms with E-state index in [1.807, 2.05) is 26.0 Å². The SMILES string of the molecule is Cc1nc(C)nc(-c2cccc(-c3ccc(-c4cnccn4)cc3)c2)n1. The smallest absolute Gasteiger partial charge is 0.163 e. The molecule has 4 aromatic rings. The summed E-state index contributed by atoms with van der Waals surface area (Å²) in [5.41, 5.74) is 5.13. The molecule has 0 unspecified atom stereocenters. The fourth-order valence-electron chi connectivity index (χ4n) is 2.86. The molecular formula is C21H17N5. The van der Waals surface area contributed by atoms with E-state index in [0.717, 1.165) is 39.6 Å². The lowest BCUT2D eigenvalue weighted by Crippen LogP contribution is -1.98. The molecule has 126 valence electrons. The van der Waals surface area contributed by atoms with Crippen LogP contribution in [0.4, 0.5) is 0 Å². The van der Waals surface area contributed by atoms with Crippen LogP contribution in [0.3, 0.4) is 0 Å². The number of hydrogen-bond acceptors (Lipinski definition) is 5. The van der Waals surface area contributed by atoms with Gasteiger partial charge in [-0.2, -0.15) is 0 Å². The van der Waals surface area contributed by atoms with Crippen LogP contribution < -0.4 is 0 Å². The van der Waals surface area contributed by atoms with Crippen LogP contribution in [0.25, 0.3) is 33.8 Å². The molecule has 0 amide bonds. The van der Waals surface area contributed by atoms with Crippen molar-refractivity contribution in [3.8, 4) is 33.8 Å². The highest BCUT2D eigenvalue weighted by Crippen LogP contribution is 2.26. The molecule has 0 bridgehead atoms. The van der Waals surface area contributed by atoms with Crippen LogP contribution in [-0.4, -0.2) is 24.9 Å². The second-order valence-corrected chi connectivity index (χ2v) is 6.00. The number of nitrogens with zero attached hydrogens (tertiary/aromatic N) is 5. The van der Waals surface area contributed by atoms with Crippen LogP contribution in [0.1, 0.15) is 11.6 Å². The summed E-state index contributed by atoms with van der Waals surface area (Å²) < 4.78 is 0. The monoisotopic (exact) mass is 339 g/mol. The fraction of sp³-hybridized carbons (Fsp3) is 0.0952. The molecule has 2 heterocycles. The van der Waals surface area contributed by atoms with Crippen LogP contribution in [0, 0.1) is 13.8 Å². The van der Waals surface area contributed by atoms with Gasteiger partial charge in [-0.05, 0) is 31.0 Å². The summed E-state index contributed by atoms with van der Waals surface area (Å²) in [6, 6.07) is 16.5. The predicted molar refractivity (Wildman–Crippen MR) is 101 cm³/mol. The van der Waals surface area contributed by atoms with Gasteiger partial charge in [0.05, 0.1) is 11.9 Å². The van der Waals surface area contributed by atoms with Crippen molar-refractivity contribution in [1.82, 2.24) is 24.9 Å². The molecule has 2 aromatic carbocycles. The van der Waals surface area contributed by atoms with Gasteiger partial charge in [0.1, 0.15) is 11.6 Å². The van der Waals surface area contributed by atoms with E-state index in [0.29, 0.717) is 5.82 Å². The molecule has 0 fully saturated rings. The predicted octanol–water partition coefficient (Wildman–Crippen LogP) is 4.28. The highest BCUT2D eigenvalue weighted by molar-refractivity contribution is 5.72. The number of benzene rings is 2. The van der Waals surface area contributed by atoms with Gasteiger partial charge in [-0.25, -0.2) is 15.0 Å². The van der Waals surface area contributed by atoms with E-state index in [4.69, 9.17) is 0 Å². The van der Waals surface area contributed by atoms with Gasteiger partial charge in [-0.1, -0.05) is 42.5 Å². The van der Waals surface area contributed by atoms with E-state index in [9.17, 15) is 0 Å². The Kier molecular flexibility index (Phi) is 4.19. The highest BCUT2D eigenvalue weighted by atomic mass is 15.0. The molecule has 0 spiro atoms. The molecule has 0 aliphatic carbocycles. The molecule has 0 saturated heterocycles. The Morgan fingerprint density at radius 1 is 0.654 bits per heavy atom. The highest BCUT2D eigenvalue weighted by Gasteiger charge is 2.07. The van der Waals surface area contributed by atoms with Gasteiger partial charge < -0.3 is 0 Å². The van der Waals surface area contributed by atoms with E-state index in [1.165, 1.54) is 0 Å². The summed E-state index contributed by atoms with van der Waals surface area (Å²) >= 11 is 0. The summed E-state index contributed by atoms with van der Waals surface area (Å²) in [5.74, 6) is 2.16. The Morgan fingerprint density at radius 3 is 2.04 bits per heavy atom. The van der Waals surface area contributed by atoms with Crippen LogP contribution >= 0.6 is 0 Å². The zero-order valence-corrected chi connectivity index (χ0v) is 14.6. The minimum absolute atomic E-state index is 0.702. The van der Waals surface area contributed by atoms with E-state index in [-0.39, 0.29) is 0 Å². The summed E-state index contributed by atoms with van der Waals surface area (Å²) in [6.45, 7) is 3.76. The number of aromatic nitrogens is 5. The average Bonchev–Trinajstić information content (AvgIpc) is 2.68. The normalized spacial score (nSPS) is 10.7. The Labute approximate surface area is 151 Å². The lowest BCUT2D eigenvalue weighted by atomic mass is 10.0. The minimum atomic E-state index is 0.702. The van der Waals surface area contributed by atoms with Crippen molar-refractivity contribution in [2.45, 2.75) is 13.8 Å². The molecule has 4 rings (SSSR count). The largest absolute Gasteiger partial charge is 0.261 e. The van der Waals surface area contributed by atoms with Crippen molar-refractivity contribution in [3.63, 3.8) is 0 Å². The fourth-order valence-corrected chi connectivity index (χ4v) is 2.86. The Balaban J connectivity index is 1.68. The molecule has 0 saturated carbocycles. The molecule has 2 aromatic heterocycles. The summed E-state index contributed by atoms with van der Waals surface area (Å²) in [5, 5.41) is 0. The van der Waals surface area contributed by atoms with Crippen molar-refractivity contribution < 1.29 is 0 Å². The van der Waals surface area contributed by atoms with Crippen LogP contribution in [-0.2, 0) is 0 Å². The first kappa shape index (κ1) is 16.0. The Bertz CT molecular complexity index is 1020. The molecule has 0 aliphatic rings. The first-order chi connectivity index (χ1) is 12.7. The molecule has 0 aliphatic heterocycles. The second kappa shape index (κ2) is 6.80. The minimum Gasteiger partial charge on any atom is -0.261 e. The van der Waals surface area contributed by atoms with E-state index in [1.54, 1.807) is 18.6 Å². The number of aryl methyl sites for hydroxylation is 2. The molecule has 5 heteroatoms. The summed E-state index contributed by atoms with van der Waals surface area (Å²) in [6.07, 6.45) is 5.14. The van der Waals surface area contributed by atoms with Gasteiger partial charge in [0.25, 0.3) is 0 Å². The van der Waals surface area contributed by atoms with Crippen LogP contribution in [0.2, 0.25) is 0 Å². The maximum absolute atomic E-state index is 4.46. The van der Waals surface area contributed by atoms with Crippen LogP contribution in [0.15, 0.2) is 67.1 Å². The number of rotatable bonds is 3. The Hall–Kier alpha value is -3.47. The van der Waals surface area contributed by atoms with Gasteiger partial charge in [0.2, 0.25) is 0 Å². The van der Waals surface area contributed by atoms with E-state index in [2.05, 4.69) is 61.3 Å². The topological polar surface area (TPSA) is 64.5 Å². The quantitative estimate of drug-likeness (QED) is 0.557. The molecule has 0 atom stereocenters. The van der Waals surface area contributed by atoms with Gasteiger partial charge in [-0.3, -0.25) is 9.97 Å². The van der Waals surface area contributed by atoms with E-state index < -0.39 is 0 Å². The Morgan fingerprint density at radius 2 is 1.35 bits per heavy atom. The van der Waals surface area contributed by atoms with Crippen molar-refractivity contribution in [2.24, 2.45) is 0 Å². The first-order valence-electron chi connectivity index (χ1n) is 8.35. The third-order valence-corrected chi connectivity index (χ3v) is 4.06. The van der Waals surface area contributed by atoms with Crippen molar-refractivity contribution in [1.29, 1.82) is 0 Å². The van der Waals surface area contributed by atoms with E-state index >= 15 is 0 Å². The lowest BCUT2D eigenvalue weighted by molar-refractivity contribution is 0.928. The van der Waals surface area contributed by atoms with Crippen molar-refractivity contribution in [2.75, 3.05) is 0 Å². The zero-order chi connectivity index (χ0) is 17.9. The molecule has 5 nitrogen and oxygen atoms in total. The van der Waals surface area contributed by atoms with Gasteiger partial charge in [-0.15, -0.1) is 0 Å². The molecule has 26 heavy (non-hydrogen) atoms. The molecule has 0 N–H and O–H groups in total. The summed E-state index contributed by atoms with van der Waals surface area (Å²) in [4.78, 5) is 21.6. The van der Waals surface area contributed by atoms with Gasteiger partial charge in [0, 0.05) is 23.5 Å². The zero-order valence-electron chi connectivity index (χ0n) is 14.6. The maximum Gasteiger partial charge on any atom is 0.163 e. The van der Waals surface area contributed by atoms with Gasteiger partial charge in [0.15, 0.2) is 5.82 Å². The average molecular weight is 339 g/mol. The standard InChI is InChI=1S/C21H17N5/c1-14-24-15(2)26-21(25-14)19-5-3-4-18(12-19)16-6-8-17(9-7-16)20-13-22-10-11-23-20/h3-13H,1-2H3. The summed E-state index contributed by atoms with van der Waals surface area (Å²) in [7, 11) is 0. The third-order valence-electron chi connectivity index (χ3n) is 4.06. The van der Waals surface area contributed by atoms with Crippen molar-refractivity contribution >= 4 is 0 Å². The lowest BCUT2D eigenvalue weighted by Gasteiger charge is -2.07. The maximum atomic E-state index is 4.46. The van der Waals surface area contributed by atoms with Gasteiger partial charge >= 0.3 is 0 Å². The molecule has 0 radical (unpaired) electrons. The number of hydrogen-bond donors (Lipinski definition) is 0. The van der Waals surface area contributed by atoms with Crippen LogP contribution in [0.5, 0.6) is 0 Å². The second-order valence-electron chi connectivity index (χ2n) is 6.00. The third kappa shape index (κ3) is 3.32. The first-order valence-corrected chi connectivity index (χ1v) is 8.35. The van der Waals surface area contributed by atoms with Crippen molar-refractivity contribution in [3.05, 3.63) is 78.8 Å². The molecular weight excluding hydrogens is 322 g/mol.